The number of benzene rings is 2. The quantitative estimate of drug-likeness (QED) is 0.861. The molecule has 26 heavy (non-hydrogen) atoms. The van der Waals surface area contributed by atoms with Crippen LogP contribution in [0.15, 0.2) is 48.5 Å². The topological polar surface area (TPSA) is 50.8 Å². The summed E-state index contributed by atoms with van der Waals surface area (Å²) in [7, 11) is 1.61. The minimum absolute atomic E-state index is 0.0903. The number of para-hydroxylation sites is 1. The van der Waals surface area contributed by atoms with Crippen LogP contribution in [0.4, 0.5) is 4.39 Å². The first-order valence-electron chi connectivity index (χ1n) is 8.65. The maximum atomic E-state index is 13.2. The first kappa shape index (κ1) is 18.4. The Kier molecular flexibility index (Phi) is 6.20. The number of amides is 1. The number of nitrogens with zero attached hydrogens (tertiary/aromatic N) is 1. The Balaban J connectivity index is 1.82. The van der Waals surface area contributed by atoms with E-state index in [0.717, 1.165) is 23.4 Å². The van der Waals surface area contributed by atoms with E-state index in [2.05, 4.69) is 5.32 Å². The largest absolute Gasteiger partial charge is 0.496 e. The maximum absolute atomic E-state index is 13.2. The summed E-state index contributed by atoms with van der Waals surface area (Å²) in [5.41, 5.74) is 1.77. The molecule has 6 heteroatoms. The molecule has 0 aliphatic carbocycles. The van der Waals surface area contributed by atoms with Crippen molar-refractivity contribution in [1.29, 1.82) is 0 Å². The van der Waals surface area contributed by atoms with E-state index >= 15 is 0 Å². The van der Waals surface area contributed by atoms with Crippen LogP contribution in [0.2, 0.25) is 0 Å². The summed E-state index contributed by atoms with van der Waals surface area (Å²) in [5, 5.41) is 3.18. The predicted molar refractivity (Wildman–Crippen MR) is 96.3 cm³/mol. The van der Waals surface area contributed by atoms with Crippen LogP contribution >= 0.6 is 0 Å². The first-order chi connectivity index (χ1) is 12.7. The normalized spacial score (nSPS) is 16.9. The van der Waals surface area contributed by atoms with Gasteiger partial charge in [-0.05, 0) is 23.8 Å². The van der Waals surface area contributed by atoms with Gasteiger partial charge in [-0.2, -0.15) is 0 Å². The molecule has 0 bridgehead atoms. The fourth-order valence-electron chi connectivity index (χ4n) is 2.99. The molecule has 2 aromatic rings. The fraction of sp³-hybridized carbons (Fsp3) is 0.350. The second kappa shape index (κ2) is 8.78. The number of nitrogens with one attached hydrogen (secondary N) is 1. The second-order valence-electron chi connectivity index (χ2n) is 6.20. The van der Waals surface area contributed by atoms with Crippen molar-refractivity contribution >= 4 is 5.91 Å². The first-order valence-corrected chi connectivity index (χ1v) is 8.65. The molecule has 1 unspecified atom stereocenters. The molecule has 1 saturated heterocycles. The lowest BCUT2D eigenvalue weighted by Gasteiger charge is -2.30. The van der Waals surface area contributed by atoms with Crippen molar-refractivity contribution in [2.45, 2.75) is 19.2 Å². The summed E-state index contributed by atoms with van der Waals surface area (Å²) in [5.74, 6) is 0.343. The van der Waals surface area contributed by atoms with Gasteiger partial charge in [-0.25, -0.2) is 4.39 Å². The van der Waals surface area contributed by atoms with Crippen molar-refractivity contribution in [2.75, 3.05) is 26.8 Å². The fourth-order valence-corrected chi connectivity index (χ4v) is 2.99. The van der Waals surface area contributed by atoms with Crippen LogP contribution < -0.4 is 10.1 Å². The lowest BCUT2D eigenvalue weighted by Crippen LogP contribution is -2.49. The number of hydrogen-bond acceptors (Lipinski definition) is 4. The summed E-state index contributed by atoms with van der Waals surface area (Å²) in [6, 6.07) is 13.8. The molecule has 138 valence electrons. The molecule has 1 atom stereocenters. The molecule has 5 nitrogen and oxygen atoms in total. The molecular formula is C20H23FN2O3. The number of methoxy groups -OCH3 is 1. The Morgan fingerprint density at radius 3 is 2.69 bits per heavy atom. The van der Waals surface area contributed by atoms with E-state index in [1.54, 1.807) is 24.1 Å². The maximum Gasteiger partial charge on any atom is 0.253 e. The number of halogens is 1. The highest BCUT2D eigenvalue weighted by molar-refractivity contribution is 5.81. The summed E-state index contributed by atoms with van der Waals surface area (Å²) < 4.78 is 24.2. The highest BCUT2D eigenvalue weighted by atomic mass is 19.1. The van der Waals surface area contributed by atoms with E-state index in [9.17, 15) is 9.18 Å². The number of rotatable bonds is 6. The molecule has 0 aromatic heterocycles. The van der Waals surface area contributed by atoms with Crippen molar-refractivity contribution in [2.24, 2.45) is 0 Å². The van der Waals surface area contributed by atoms with E-state index in [1.807, 2.05) is 24.3 Å². The van der Waals surface area contributed by atoms with Gasteiger partial charge in [0.15, 0.2) is 0 Å². The van der Waals surface area contributed by atoms with E-state index in [1.165, 1.54) is 12.1 Å². The van der Waals surface area contributed by atoms with Crippen LogP contribution in [0, 0.1) is 5.82 Å². The van der Waals surface area contributed by atoms with E-state index in [0.29, 0.717) is 26.2 Å². The van der Waals surface area contributed by atoms with Crippen molar-refractivity contribution in [1.82, 2.24) is 10.2 Å². The smallest absolute Gasteiger partial charge is 0.253 e. The van der Waals surface area contributed by atoms with Crippen LogP contribution in [-0.4, -0.2) is 43.7 Å². The molecule has 0 saturated carbocycles. The van der Waals surface area contributed by atoms with Crippen LogP contribution in [0.25, 0.3) is 0 Å². The number of carbonyl (C=O) groups is 1. The summed E-state index contributed by atoms with van der Waals surface area (Å²) in [4.78, 5) is 14.7. The molecular weight excluding hydrogens is 335 g/mol. The Hall–Kier alpha value is -2.44. The molecule has 1 N–H and O–H groups in total. The molecule has 1 aliphatic heterocycles. The molecule has 0 spiro atoms. The minimum atomic E-state index is -0.515. The Bertz CT molecular complexity index is 730. The van der Waals surface area contributed by atoms with Crippen molar-refractivity contribution in [3.8, 4) is 5.75 Å². The highest BCUT2D eigenvalue weighted by Gasteiger charge is 2.27. The molecule has 1 fully saturated rings. The van der Waals surface area contributed by atoms with Gasteiger partial charge in [-0.15, -0.1) is 0 Å². The van der Waals surface area contributed by atoms with Gasteiger partial charge in [-0.1, -0.05) is 30.3 Å². The van der Waals surface area contributed by atoms with Crippen LogP contribution in [0.3, 0.4) is 0 Å². The van der Waals surface area contributed by atoms with Crippen LogP contribution in [0.1, 0.15) is 11.1 Å². The molecule has 1 aliphatic rings. The van der Waals surface area contributed by atoms with E-state index < -0.39 is 6.10 Å². The SMILES string of the molecule is COc1ccccc1CN(Cc1ccc(F)cc1)C(=O)C1CNCCO1. The van der Waals surface area contributed by atoms with E-state index in [-0.39, 0.29) is 11.7 Å². The van der Waals surface area contributed by atoms with Crippen molar-refractivity contribution < 1.29 is 18.7 Å². The predicted octanol–water partition coefficient (Wildman–Crippen LogP) is 2.35. The van der Waals surface area contributed by atoms with Crippen molar-refractivity contribution in [3.05, 3.63) is 65.5 Å². The summed E-state index contributed by atoms with van der Waals surface area (Å²) >= 11 is 0. The highest BCUT2D eigenvalue weighted by Crippen LogP contribution is 2.21. The summed E-state index contributed by atoms with van der Waals surface area (Å²) in [6.07, 6.45) is -0.515. The third-order valence-electron chi connectivity index (χ3n) is 4.36. The Morgan fingerprint density at radius 1 is 1.23 bits per heavy atom. The number of ether oxygens (including phenoxy) is 2. The molecule has 1 heterocycles. The number of hydrogen-bond donors (Lipinski definition) is 1. The van der Waals surface area contributed by atoms with Gasteiger partial charge in [0.25, 0.3) is 5.91 Å². The van der Waals surface area contributed by atoms with Crippen molar-refractivity contribution in [3.63, 3.8) is 0 Å². The average molecular weight is 358 g/mol. The molecule has 0 radical (unpaired) electrons. The van der Waals surface area contributed by atoms with Crippen LogP contribution in [0.5, 0.6) is 5.75 Å². The lowest BCUT2D eigenvalue weighted by molar-refractivity contribution is -0.146. The zero-order valence-electron chi connectivity index (χ0n) is 14.8. The standard InChI is InChI=1S/C20H23FN2O3/c1-25-18-5-3-2-4-16(18)14-23(13-15-6-8-17(21)9-7-15)20(24)19-12-22-10-11-26-19/h2-9,19,22H,10-14H2,1H3. The van der Waals surface area contributed by atoms with Gasteiger partial charge in [0, 0.05) is 31.7 Å². The minimum Gasteiger partial charge on any atom is -0.496 e. The van der Waals surface area contributed by atoms with Gasteiger partial charge in [0.1, 0.15) is 17.7 Å². The van der Waals surface area contributed by atoms with Gasteiger partial charge in [0.2, 0.25) is 0 Å². The second-order valence-corrected chi connectivity index (χ2v) is 6.20. The van der Waals surface area contributed by atoms with Gasteiger partial charge in [-0.3, -0.25) is 4.79 Å². The lowest BCUT2D eigenvalue weighted by atomic mass is 10.1. The summed E-state index contributed by atoms with van der Waals surface area (Å²) in [6.45, 7) is 2.51. The molecule has 1 amide bonds. The monoisotopic (exact) mass is 358 g/mol. The molecule has 2 aromatic carbocycles. The van der Waals surface area contributed by atoms with E-state index in [4.69, 9.17) is 9.47 Å². The zero-order valence-corrected chi connectivity index (χ0v) is 14.8. The zero-order chi connectivity index (χ0) is 18.4. The Labute approximate surface area is 152 Å². The average Bonchev–Trinajstić information content (AvgIpc) is 2.69. The number of carbonyl (C=O) groups excluding carboxylic acids is 1. The van der Waals surface area contributed by atoms with Gasteiger partial charge in [0.05, 0.1) is 13.7 Å². The van der Waals surface area contributed by atoms with Gasteiger partial charge < -0.3 is 19.7 Å². The van der Waals surface area contributed by atoms with Crippen LogP contribution in [-0.2, 0) is 22.6 Å². The van der Waals surface area contributed by atoms with Gasteiger partial charge >= 0.3 is 0 Å². The number of morpholine rings is 1. The molecule has 3 rings (SSSR count). The third kappa shape index (κ3) is 4.59. The third-order valence-corrected chi connectivity index (χ3v) is 4.36. The Morgan fingerprint density at radius 2 is 2.00 bits per heavy atom.